The normalized spacial score (nSPS) is 11.9. The maximum atomic E-state index is 11.7. The second-order valence-corrected chi connectivity index (χ2v) is 5.19. The zero-order valence-corrected chi connectivity index (χ0v) is 11.9. The van der Waals surface area contributed by atoms with Gasteiger partial charge in [-0.15, -0.1) is 11.6 Å². The van der Waals surface area contributed by atoms with Crippen LogP contribution in [0.25, 0.3) is 0 Å². The summed E-state index contributed by atoms with van der Waals surface area (Å²) in [5.41, 5.74) is 2.54. The molecule has 3 nitrogen and oxygen atoms in total. The molecule has 1 aromatic rings. The highest BCUT2D eigenvalue weighted by Gasteiger charge is 2.26. The summed E-state index contributed by atoms with van der Waals surface area (Å²) in [5.74, 6) is -0.00567. The number of Topliss-reactive ketones (excluding diaryl/α,β-unsaturated/α-hetero) is 1. The van der Waals surface area contributed by atoms with Crippen molar-refractivity contribution in [1.29, 1.82) is 0 Å². The predicted molar refractivity (Wildman–Crippen MR) is 70.2 cm³/mol. The zero-order chi connectivity index (χ0) is 13.2. The Kier molecular flexibility index (Phi) is 4.39. The Bertz CT molecular complexity index is 421. The molecule has 4 heteroatoms. The highest BCUT2D eigenvalue weighted by molar-refractivity contribution is 6.30. The second kappa shape index (κ2) is 5.23. The molecule has 0 saturated carbocycles. The van der Waals surface area contributed by atoms with Gasteiger partial charge in [-0.2, -0.15) is 0 Å². The predicted octanol–water partition coefficient (Wildman–Crippen LogP) is 2.91. The standard InChI is InChI=1S/C13H20ClNO2/c1-9-6-11(12(16)7-14)10(2)15(9)13(3,4)8-17-5/h6H,7-8H2,1-5H3. The van der Waals surface area contributed by atoms with Crippen LogP contribution in [-0.2, 0) is 10.3 Å². The molecule has 0 aromatic carbocycles. The summed E-state index contributed by atoms with van der Waals surface area (Å²) in [7, 11) is 1.68. The minimum Gasteiger partial charge on any atom is -0.382 e. The van der Waals surface area contributed by atoms with Crippen LogP contribution < -0.4 is 0 Å². The zero-order valence-electron chi connectivity index (χ0n) is 11.1. The number of methoxy groups -OCH3 is 1. The molecule has 0 bridgehead atoms. The Morgan fingerprint density at radius 3 is 2.53 bits per heavy atom. The van der Waals surface area contributed by atoms with Gasteiger partial charge in [0.25, 0.3) is 0 Å². The highest BCUT2D eigenvalue weighted by Crippen LogP contribution is 2.25. The number of carbonyl (C=O) groups is 1. The van der Waals surface area contributed by atoms with Crippen molar-refractivity contribution in [1.82, 2.24) is 4.57 Å². The molecule has 0 fully saturated rings. The van der Waals surface area contributed by atoms with Crippen molar-refractivity contribution in [2.45, 2.75) is 33.2 Å². The van der Waals surface area contributed by atoms with Gasteiger partial charge in [0.1, 0.15) is 0 Å². The summed E-state index contributed by atoms with van der Waals surface area (Å²) in [5, 5.41) is 0. The number of alkyl halides is 1. The van der Waals surface area contributed by atoms with Crippen LogP contribution in [0.2, 0.25) is 0 Å². The van der Waals surface area contributed by atoms with Gasteiger partial charge in [0, 0.05) is 24.1 Å². The maximum absolute atomic E-state index is 11.7. The van der Waals surface area contributed by atoms with Gasteiger partial charge in [-0.05, 0) is 33.8 Å². The van der Waals surface area contributed by atoms with Crippen LogP contribution in [0.1, 0.15) is 35.6 Å². The first kappa shape index (κ1) is 14.3. The summed E-state index contributed by atoms with van der Waals surface area (Å²) >= 11 is 5.61. The van der Waals surface area contributed by atoms with E-state index in [-0.39, 0.29) is 17.2 Å². The van der Waals surface area contributed by atoms with Crippen molar-refractivity contribution in [3.63, 3.8) is 0 Å². The minimum absolute atomic E-state index is 0.0228. The molecule has 0 aliphatic carbocycles. The molecule has 0 N–H and O–H groups in total. The SMILES string of the molecule is COCC(C)(C)n1c(C)cc(C(=O)CCl)c1C. The number of rotatable bonds is 5. The molecule has 0 aliphatic heterocycles. The Balaban J connectivity index is 3.27. The number of aromatic nitrogens is 1. The van der Waals surface area contributed by atoms with Crippen LogP contribution in [0, 0.1) is 13.8 Å². The van der Waals surface area contributed by atoms with Gasteiger partial charge < -0.3 is 9.30 Å². The first-order valence-corrected chi connectivity index (χ1v) is 6.16. The summed E-state index contributed by atoms with van der Waals surface area (Å²) < 4.78 is 7.37. The molecule has 0 unspecified atom stereocenters. The van der Waals surface area contributed by atoms with E-state index >= 15 is 0 Å². The molecule has 0 aliphatic rings. The fraction of sp³-hybridized carbons (Fsp3) is 0.615. The van der Waals surface area contributed by atoms with Crippen molar-refractivity contribution >= 4 is 17.4 Å². The van der Waals surface area contributed by atoms with Crippen LogP contribution in [0.3, 0.4) is 0 Å². The number of aryl methyl sites for hydroxylation is 1. The smallest absolute Gasteiger partial charge is 0.179 e. The molecule has 0 saturated heterocycles. The fourth-order valence-corrected chi connectivity index (χ4v) is 2.61. The van der Waals surface area contributed by atoms with E-state index in [0.29, 0.717) is 12.2 Å². The van der Waals surface area contributed by atoms with E-state index in [4.69, 9.17) is 16.3 Å². The quantitative estimate of drug-likeness (QED) is 0.600. The monoisotopic (exact) mass is 257 g/mol. The van der Waals surface area contributed by atoms with Gasteiger partial charge in [-0.3, -0.25) is 4.79 Å². The minimum atomic E-state index is -0.173. The molecule has 0 radical (unpaired) electrons. The molecule has 0 atom stereocenters. The summed E-state index contributed by atoms with van der Waals surface area (Å²) in [6.07, 6.45) is 0. The number of hydrogen-bond donors (Lipinski definition) is 0. The highest BCUT2D eigenvalue weighted by atomic mass is 35.5. The molecule has 1 aromatic heterocycles. The van der Waals surface area contributed by atoms with Crippen LogP contribution in [-0.4, -0.2) is 29.9 Å². The lowest BCUT2D eigenvalue weighted by Crippen LogP contribution is -2.33. The third-order valence-corrected chi connectivity index (χ3v) is 3.20. The van der Waals surface area contributed by atoms with Crippen molar-refractivity contribution in [3.8, 4) is 0 Å². The molecule has 1 rings (SSSR count). The summed E-state index contributed by atoms with van der Waals surface area (Å²) in [4.78, 5) is 11.7. The van der Waals surface area contributed by atoms with Gasteiger partial charge in [0.2, 0.25) is 0 Å². The van der Waals surface area contributed by atoms with E-state index in [9.17, 15) is 4.79 Å². The van der Waals surface area contributed by atoms with Gasteiger partial charge >= 0.3 is 0 Å². The topological polar surface area (TPSA) is 31.2 Å². The van der Waals surface area contributed by atoms with Crippen molar-refractivity contribution in [2.24, 2.45) is 0 Å². The Labute approximate surface area is 108 Å². The molecule has 1 heterocycles. The Morgan fingerprint density at radius 1 is 1.47 bits per heavy atom. The van der Waals surface area contributed by atoms with Crippen molar-refractivity contribution in [3.05, 3.63) is 23.0 Å². The third-order valence-electron chi connectivity index (χ3n) is 2.96. The number of ether oxygens (including phenoxy) is 1. The van der Waals surface area contributed by atoms with E-state index in [1.54, 1.807) is 7.11 Å². The second-order valence-electron chi connectivity index (χ2n) is 4.92. The van der Waals surface area contributed by atoms with Gasteiger partial charge in [0.05, 0.1) is 18.0 Å². The molecule has 17 heavy (non-hydrogen) atoms. The lowest BCUT2D eigenvalue weighted by Gasteiger charge is -2.29. The van der Waals surface area contributed by atoms with E-state index in [1.165, 1.54) is 0 Å². The van der Waals surface area contributed by atoms with Crippen molar-refractivity contribution < 1.29 is 9.53 Å². The number of halogens is 1. The van der Waals surface area contributed by atoms with Crippen LogP contribution in [0.15, 0.2) is 6.07 Å². The number of carbonyl (C=O) groups excluding carboxylic acids is 1. The summed E-state index contributed by atoms with van der Waals surface area (Å²) in [6, 6.07) is 1.90. The number of nitrogens with zero attached hydrogens (tertiary/aromatic N) is 1. The van der Waals surface area contributed by atoms with E-state index < -0.39 is 0 Å². The molecule has 0 spiro atoms. The van der Waals surface area contributed by atoms with Gasteiger partial charge in [0.15, 0.2) is 5.78 Å². The van der Waals surface area contributed by atoms with Crippen molar-refractivity contribution in [2.75, 3.05) is 19.6 Å². The van der Waals surface area contributed by atoms with Crippen LogP contribution in [0.5, 0.6) is 0 Å². The maximum Gasteiger partial charge on any atom is 0.179 e. The van der Waals surface area contributed by atoms with Crippen LogP contribution >= 0.6 is 11.6 Å². The average molecular weight is 258 g/mol. The molecule has 96 valence electrons. The lowest BCUT2D eigenvalue weighted by molar-refractivity contribution is 0.101. The van der Waals surface area contributed by atoms with Gasteiger partial charge in [-0.25, -0.2) is 0 Å². The van der Waals surface area contributed by atoms with E-state index in [2.05, 4.69) is 18.4 Å². The average Bonchev–Trinajstić information content (AvgIpc) is 2.53. The molecule has 0 amide bonds. The van der Waals surface area contributed by atoms with Crippen LogP contribution in [0.4, 0.5) is 0 Å². The third kappa shape index (κ3) is 2.72. The first-order valence-electron chi connectivity index (χ1n) is 5.62. The molecular formula is C13H20ClNO2. The van der Waals surface area contributed by atoms with E-state index in [1.807, 2.05) is 19.9 Å². The lowest BCUT2D eigenvalue weighted by atomic mass is 10.1. The number of ketones is 1. The largest absolute Gasteiger partial charge is 0.382 e. The summed E-state index contributed by atoms with van der Waals surface area (Å²) in [6.45, 7) is 8.72. The Hall–Kier alpha value is -0.800. The fourth-order valence-electron chi connectivity index (χ4n) is 2.47. The number of hydrogen-bond acceptors (Lipinski definition) is 2. The molecular weight excluding hydrogens is 238 g/mol. The first-order chi connectivity index (χ1) is 7.85. The Morgan fingerprint density at radius 2 is 2.06 bits per heavy atom. The van der Waals surface area contributed by atoms with Gasteiger partial charge in [-0.1, -0.05) is 0 Å². The van der Waals surface area contributed by atoms with E-state index in [0.717, 1.165) is 11.4 Å².